The van der Waals surface area contributed by atoms with Gasteiger partial charge in [-0.1, -0.05) is 200 Å². The average Bonchev–Trinajstić information content (AvgIpc) is 2.00. The number of methoxy groups -OCH3 is 1. The van der Waals surface area contributed by atoms with Gasteiger partial charge in [-0.05, 0) is 104 Å². The Hall–Kier alpha value is -4.26. The quantitative estimate of drug-likeness (QED) is 0.0321. The lowest BCUT2D eigenvalue weighted by Crippen LogP contribution is -2.33. The number of thiophene rings is 6. The van der Waals surface area contributed by atoms with Crippen molar-refractivity contribution in [2.24, 2.45) is 17.8 Å². The molecular weight excluding hydrogens is 1130 g/mol. The van der Waals surface area contributed by atoms with Crippen LogP contribution < -0.4 is 0 Å². The van der Waals surface area contributed by atoms with Crippen molar-refractivity contribution in [3.8, 4) is 30.6 Å². The third-order valence-corrected chi connectivity index (χ3v) is 26.6. The summed E-state index contributed by atoms with van der Waals surface area (Å²) in [5.74, 6) is 1.33. The van der Waals surface area contributed by atoms with Crippen LogP contribution in [0.2, 0.25) is 0 Å². The van der Waals surface area contributed by atoms with E-state index in [0.29, 0.717) is 47.8 Å². The average molecular weight is 1220 g/mol. The molecule has 2 amide bonds. The van der Waals surface area contributed by atoms with Crippen LogP contribution in [0.25, 0.3) is 60.9 Å². The van der Waals surface area contributed by atoms with Gasteiger partial charge in [-0.2, -0.15) is 0 Å². The van der Waals surface area contributed by atoms with E-state index in [1.165, 1.54) is 138 Å². The van der Waals surface area contributed by atoms with Gasteiger partial charge in [-0.25, -0.2) is 0 Å². The zero-order chi connectivity index (χ0) is 58.4. The number of imide groups is 1. The first-order chi connectivity index (χ1) is 40.5. The first-order valence-corrected chi connectivity index (χ1v) is 36.6. The summed E-state index contributed by atoms with van der Waals surface area (Å²) in [6.07, 6.45) is 20.4. The number of hydrogen-bond acceptors (Lipinski definition) is 9. The number of fused-ring (bicyclic) bond motifs is 5. The van der Waals surface area contributed by atoms with Crippen LogP contribution in [0.15, 0.2) is 97.1 Å². The lowest BCUT2D eigenvalue weighted by molar-refractivity contribution is 0.0640. The Bertz CT molecular complexity index is 3510. The maximum atomic E-state index is 15.1. The molecule has 83 heavy (non-hydrogen) atoms. The zero-order valence-electron chi connectivity index (χ0n) is 51.2. The Balaban J connectivity index is 1.29. The molecule has 440 valence electrons. The van der Waals surface area contributed by atoms with Crippen molar-refractivity contribution in [3.63, 3.8) is 0 Å². The summed E-state index contributed by atoms with van der Waals surface area (Å²) in [4.78, 5) is 42.7. The first-order valence-electron chi connectivity index (χ1n) is 31.7. The topological polar surface area (TPSA) is 46.6 Å². The van der Waals surface area contributed by atoms with Gasteiger partial charge in [0.05, 0.1) is 15.1 Å². The molecule has 0 saturated carbocycles. The monoisotopic (exact) mass is 1220 g/mol. The highest BCUT2D eigenvalue weighted by Gasteiger charge is 2.46. The molecule has 0 saturated heterocycles. The summed E-state index contributed by atoms with van der Waals surface area (Å²) in [5.41, 5.74) is 5.49. The number of unbranched alkanes of at least 4 members (excludes halogenated alkanes) is 3. The van der Waals surface area contributed by atoms with Crippen molar-refractivity contribution in [3.05, 3.63) is 138 Å². The number of ether oxygens (including phenoxy) is 1. The highest BCUT2D eigenvalue weighted by molar-refractivity contribution is 7.32. The van der Waals surface area contributed by atoms with E-state index in [9.17, 15) is 4.79 Å². The van der Waals surface area contributed by atoms with Crippen LogP contribution >= 0.6 is 68.0 Å². The molecule has 0 fully saturated rings. The van der Waals surface area contributed by atoms with E-state index < -0.39 is 5.41 Å². The van der Waals surface area contributed by atoms with Gasteiger partial charge in [-0.3, -0.25) is 14.5 Å². The Labute approximate surface area is 520 Å². The first kappa shape index (κ1) is 61.8. The Morgan fingerprint density at radius 1 is 0.530 bits per heavy atom. The summed E-state index contributed by atoms with van der Waals surface area (Å²) in [7, 11) is 1.68. The van der Waals surface area contributed by atoms with E-state index >= 15 is 4.79 Å². The van der Waals surface area contributed by atoms with Gasteiger partial charge in [0.15, 0.2) is 0 Å². The Morgan fingerprint density at radius 2 is 1.12 bits per heavy atom. The number of amides is 2. The molecule has 1 aliphatic rings. The zero-order valence-corrected chi connectivity index (χ0v) is 56.1. The van der Waals surface area contributed by atoms with E-state index in [4.69, 9.17) is 4.74 Å². The highest BCUT2D eigenvalue weighted by atomic mass is 32.1. The molecule has 5 unspecified atom stereocenters. The van der Waals surface area contributed by atoms with E-state index in [2.05, 4.69) is 171 Å². The molecule has 6 aromatic heterocycles. The van der Waals surface area contributed by atoms with Crippen molar-refractivity contribution >= 4 is 110 Å². The van der Waals surface area contributed by atoms with Gasteiger partial charge in [0.25, 0.3) is 11.8 Å². The number of hydrogen-bond donors (Lipinski definition) is 0. The molecular formula is C73H89NO3S6. The van der Waals surface area contributed by atoms with Crippen molar-refractivity contribution in [1.82, 2.24) is 4.90 Å². The van der Waals surface area contributed by atoms with E-state index in [1.807, 2.05) is 45.3 Å². The maximum Gasteiger partial charge on any atom is 0.271 e. The second kappa shape index (κ2) is 27.6. The van der Waals surface area contributed by atoms with Crippen molar-refractivity contribution in [2.75, 3.05) is 20.3 Å². The lowest BCUT2D eigenvalue weighted by atomic mass is 9.67. The van der Waals surface area contributed by atoms with Gasteiger partial charge < -0.3 is 4.74 Å². The molecule has 4 nitrogen and oxygen atoms in total. The molecule has 0 radical (unpaired) electrons. The molecule has 0 aliphatic carbocycles. The van der Waals surface area contributed by atoms with Crippen LogP contribution in [-0.2, 0) is 28.4 Å². The predicted molar refractivity (Wildman–Crippen MR) is 367 cm³/mol. The molecule has 3 aromatic carbocycles. The fourth-order valence-electron chi connectivity index (χ4n) is 13.9. The molecule has 0 spiro atoms. The van der Waals surface area contributed by atoms with Crippen LogP contribution in [-0.4, -0.2) is 37.0 Å². The van der Waals surface area contributed by atoms with Crippen LogP contribution in [0, 0.1) is 17.8 Å². The van der Waals surface area contributed by atoms with Crippen LogP contribution in [0.4, 0.5) is 0 Å². The smallest absolute Gasteiger partial charge is 0.271 e. The predicted octanol–water partition coefficient (Wildman–Crippen LogP) is 23.7. The van der Waals surface area contributed by atoms with Gasteiger partial charge in [0, 0.05) is 102 Å². The maximum absolute atomic E-state index is 15.1. The Morgan fingerprint density at radius 3 is 1.67 bits per heavy atom. The molecule has 0 N–H and O–H groups in total. The highest BCUT2D eigenvalue weighted by Crippen LogP contribution is 2.60. The van der Waals surface area contributed by atoms with E-state index in [0.717, 1.165) is 67.9 Å². The second-order valence-corrected chi connectivity index (χ2v) is 30.5. The summed E-state index contributed by atoms with van der Waals surface area (Å²) < 4.78 is 9.24. The minimum absolute atomic E-state index is 0.122. The van der Waals surface area contributed by atoms with Gasteiger partial charge in [0.1, 0.15) is 4.88 Å². The fraction of sp³-hybridized carbons (Fsp3) is 0.479. The summed E-state index contributed by atoms with van der Waals surface area (Å²) in [5, 5.41) is 3.69. The standard InChI is InChI=1S/C73H89NO3S6/c1-11-19-30-47(15-5)43-52-36-38-56(78-52)60-54-45-58(66-67-62(63-68(82-67)71(76)74(70(63)75)41-28-42-77-10)69(83-66)72(9,49(17-7)29-14-4)50-32-24-22-25-33-50)80-64(54)61(57-39-37-53(79-57)44-48(16-6)31-20-12-2)55-46-59(81-65(55)60)73(18-8,40-21-13-3)51-34-26-23-27-35-51/h22-27,32-39,45-49H,11-21,28-31,40-44H2,1-10H3. The summed E-state index contributed by atoms with van der Waals surface area (Å²) in [6.45, 7) is 22.1. The second-order valence-electron chi connectivity index (χ2n) is 24.0. The minimum Gasteiger partial charge on any atom is -0.385 e. The number of carbonyl (C=O) groups is 2. The molecule has 10 rings (SSSR count). The third kappa shape index (κ3) is 11.9. The van der Waals surface area contributed by atoms with Crippen LogP contribution in [0.3, 0.4) is 0 Å². The molecule has 1 aliphatic heterocycles. The molecule has 0 bridgehead atoms. The van der Waals surface area contributed by atoms with Gasteiger partial charge in [-0.15, -0.1) is 68.0 Å². The number of benzene rings is 3. The normalized spacial score (nSPS) is 15.5. The molecule has 9 aromatic rings. The summed E-state index contributed by atoms with van der Waals surface area (Å²) >= 11 is 11.5. The largest absolute Gasteiger partial charge is 0.385 e. The summed E-state index contributed by atoms with van der Waals surface area (Å²) in [6, 6.07) is 37.6. The SMILES string of the molecule is CCCCC(CC)Cc1ccc(-c2c3cc(C(CC)(CCCC)c4ccccc4)sc3c(-c3ccc(CC(CC)CCCC)s3)c3cc(-c4sc(C(C)(c5ccccc5)C(CC)CCC)c5c6c(sc45)C(=O)N(CCCOC)C6=O)sc23)s1. The van der Waals surface area contributed by atoms with Crippen LogP contribution in [0.1, 0.15) is 216 Å². The minimum atomic E-state index is -0.426. The number of rotatable bonds is 31. The third-order valence-electron chi connectivity index (χ3n) is 18.9. The van der Waals surface area contributed by atoms with Gasteiger partial charge in [0.2, 0.25) is 0 Å². The molecule has 5 atom stereocenters. The van der Waals surface area contributed by atoms with E-state index in [-0.39, 0.29) is 17.2 Å². The van der Waals surface area contributed by atoms with Crippen molar-refractivity contribution < 1.29 is 14.3 Å². The van der Waals surface area contributed by atoms with E-state index in [1.54, 1.807) is 18.4 Å². The number of carbonyl (C=O) groups excluding carboxylic acids is 2. The Kier molecular flexibility index (Phi) is 20.6. The molecule has 7 heterocycles. The van der Waals surface area contributed by atoms with Crippen LogP contribution in [0.5, 0.6) is 0 Å². The van der Waals surface area contributed by atoms with Gasteiger partial charge >= 0.3 is 0 Å². The van der Waals surface area contributed by atoms with Crippen molar-refractivity contribution in [2.45, 2.75) is 189 Å². The lowest BCUT2D eigenvalue weighted by Gasteiger charge is -2.38. The number of nitrogens with zero attached hydrogens (tertiary/aromatic N) is 1. The molecule has 10 heteroatoms. The fourth-order valence-corrected chi connectivity index (χ4v) is 22.3. The van der Waals surface area contributed by atoms with Crippen molar-refractivity contribution in [1.29, 1.82) is 0 Å².